The van der Waals surface area contributed by atoms with Gasteiger partial charge >= 0.3 is 0 Å². The van der Waals surface area contributed by atoms with Gasteiger partial charge in [-0.15, -0.1) is 0 Å². The van der Waals surface area contributed by atoms with Gasteiger partial charge < -0.3 is 9.67 Å². The molecule has 2 fully saturated rings. The molecule has 4 rings (SSSR count). The largest absolute Gasteiger partial charge is 0.396 e. The second-order valence-corrected chi connectivity index (χ2v) is 5.38. The molecule has 2 saturated carbocycles. The van der Waals surface area contributed by atoms with E-state index in [0.29, 0.717) is 34.7 Å². The number of nitrogens with zero attached hydrogens (tertiary/aromatic N) is 4. The van der Waals surface area contributed by atoms with Crippen molar-refractivity contribution in [2.24, 2.45) is 11.3 Å². The van der Waals surface area contributed by atoms with Crippen LogP contribution < -0.4 is 0 Å². The monoisotopic (exact) mass is 250 g/mol. The molecule has 1 spiro atoms. The normalized spacial score (nSPS) is 34.5. The Labute approximate surface area is 102 Å². The van der Waals surface area contributed by atoms with E-state index in [1.165, 1.54) is 6.33 Å². The number of aliphatic hydroxyl groups is 1. The lowest BCUT2D eigenvalue weighted by molar-refractivity contribution is 0.264. The summed E-state index contributed by atoms with van der Waals surface area (Å²) in [5.74, 6) is 0.460. The van der Waals surface area contributed by atoms with Crippen molar-refractivity contribution in [3.8, 4) is 0 Å². The van der Waals surface area contributed by atoms with Crippen LogP contribution in [0.15, 0.2) is 12.7 Å². The summed E-state index contributed by atoms with van der Waals surface area (Å²) < 4.78 is 2.08. The fourth-order valence-electron chi connectivity index (χ4n) is 3.03. The summed E-state index contributed by atoms with van der Waals surface area (Å²) in [5, 5.41) is 9.58. The Morgan fingerprint density at radius 1 is 1.41 bits per heavy atom. The van der Waals surface area contributed by atoms with E-state index < -0.39 is 0 Å². The van der Waals surface area contributed by atoms with Gasteiger partial charge in [-0.2, -0.15) is 0 Å². The third-order valence-corrected chi connectivity index (χ3v) is 4.50. The van der Waals surface area contributed by atoms with Crippen molar-refractivity contribution in [1.29, 1.82) is 0 Å². The molecular weight excluding hydrogens is 240 g/mol. The average Bonchev–Trinajstić information content (AvgIpc) is 3.18. The number of rotatable bonds is 2. The van der Waals surface area contributed by atoms with Crippen molar-refractivity contribution in [2.75, 3.05) is 6.61 Å². The van der Waals surface area contributed by atoms with Crippen LogP contribution in [0.4, 0.5) is 0 Å². The van der Waals surface area contributed by atoms with E-state index in [0.717, 1.165) is 18.5 Å². The second-order valence-electron chi connectivity index (χ2n) is 5.03. The molecule has 3 atom stereocenters. The Balaban J connectivity index is 1.77. The van der Waals surface area contributed by atoms with Gasteiger partial charge in [-0.05, 0) is 24.2 Å². The Kier molecular flexibility index (Phi) is 1.71. The molecule has 5 nitrogen and oxygen atoms in total. The molecule has 0 aromatic carbocycles. The minimum atomic E-state index is 0.291. The molecule has 0 radical (unpaired) electrons. The van der Waals surface area contributed by atoms with Crippen molar-refractivity contribution >= 4 is 22.8 Å². The van der Waals surface area contributed by atoms with Crippen LogP contribution in [0.25, 0.3) is 11.2 Å². The van der Waals surface area contributed by atoms with Crippen LogP contribution in [0, 0.1) is 11.3 Å². The van der Waals surface area contributed by atoms with E-state index in [9.17, 15) is 5.11 Å². The molecule has 2 aliphatic carbocycles. The first kappa shape index (κ1) is 9.79. The van der Waals surface area contributed by atoms with E-state index in [1.54, 1.807) is 6.33 Å². The molecule has 88 valence electrons. The highest BCUT2D eigenvalue weighted by Crippen LogP contribution is 2.76. The van der Waals surface area contributed by atoms with E-state index in [-0.39, 0.29) is 0 Å². The fraction of sp³-hybridized carbons (Fsp3) is 0.545. The number of aliphatic hydroxyl groups excluding tert-OH is 1. The molecule has 0 aliphatic heterocycles. The summed E-state index contributed by atoms with van der Waals surface area (Å²) in [7, 11) is 0. The van der Waals surface area contributed by atoms with Crippen LogP contribution in [-0.2, 0) is 0 Å². The zero-order chi connectivity index (χ0) is 11.6. The van der Waals surface area contributed by atoms with Crippen molar-refractivity contribution in [1.82, 2.24) is 19.5 Å². The summed E-state index contributed by atoms with van der Waals surface area (Å²) in [6.45, 7) is 0.291. The van der Waals surface area contributed by atoms with E-state index >= 15 is 0 Å². The molecule has 2 aliphatic rings. The maximum Gasteiger partial charge on any atom is 0.165 e. The summed E-state index contributed by atoms with van der Waals surface area (Å²) >= 11 is 5.97. The van der Waals surface area contributed by atoms with Gasteiger partial charge in [-0.1, -0.05) is 11.6 Å². The van der Waals surface area contributed by atoms with Crippen LogP contribution in [0.5, 0.6) is 0 Å². The first-order valence-electron chi connectivity index (χ1n) is 5.70. The zero-order valence-corrected chi connectivity index (χ0v) is 9.80. The molecule has 6 heteroatoms. The van der Waals surface area contributed by atoms with Gasteiger partial charge in [-0.3, -0.25) is 0 Å². The topological polar surface area (TPSA) is 63.8 Å². The minimum absolute atomic E-state index is 0.291. The molecule has 0 amide bonds. The first-order valence-corrected chi connectivity index (χ1v) is 6.08. The van der Waals surface area contributed by atoms with Crippen LogP contribution in [0.2, 0.25) is 5.15 Å². The van der Waals surface area contributed by atoms with Crippen LogP contribution >= 0.6 is 11.6 Å². The maximum absolute atomic E-state index is 9.18. The molecule has 1 N–H and O–H groups in total. The van der Waals surface area contributed by atoms with Crippen LogP contribution in [0.3, 0.4) is 0 Å². The summed E-state index contributed by atoms with van der Waals surface area (Å²) in [6.07, 6.45) is 5.49. The average molecular weight is 251 g/mol. The molecule has 2 heterocycles. The lowest BCUT2D eigenvalue weighted by Gasteiger charge is -2.01. The van der Waals surface area contributed by atoms with E-state index in [2.05, 4.69) is 19.5 Å². The fourth-order valence-corrected chi connectivity index (χ4v) is 3.21. The standard InChI is InChI=1S/C11H11ClN4O/c12-9-8-10(14-4-13-9)16(5-15-8)7-2-11(7)1-6(11)3-17/h4-7,17H,1-3H2/t6-,7-,11+/m0/s1. The van der Waals surface area contributed by atoms with Gasteiger partial charge in [-0.25, -0.2) is 15.0 Å². The number of hydrogen-bond acceptors (Lipinski definition) is 4. The number of aromatic nitrogens is 4. The van der Waals surface area contributed by atoms with E-state index in [1.807, 2.05) is 0 Å². The molecule has 0 saturated heterocycles. The van der Waals surface area contributed by atoms with E-state index in [4.69, 9.17) is 11.6 Å². The predicted octanol–water partition coefficient (Wildman–Crippen LogP) is 1.42. The van der Waals surface area contributed by atoms with Crippen LogP contribution in [0.1, 0.15) is 18.9 Å². The molecule has 0 bridgehead atoms. The highest BCUT2D eigenvalue weighted by Gasteiger charge is 2.71. The van der Waals surface area contributed by atoms with Gasteiger partial charge in [0.2, 0.25) is 0 Å². The summed E-state index contributed by atoms with van der Waals surface area (Å²) in [5.41, 5.74) is 1.78. The lowest BCUT2D eigenvalue weighted by Crippen LogP contribution is -1.99. The predicted molar refractivity (Wildman–Crippen MR) is 61.6 cm³/mol. The lowest BCUT2D eigenvalue weighted by atomic mass is 10.3. The third-order valence-electron chi connectivity index (χ3n) is 4.23. The van der Waals surface area contributed by atoms with Gasteiger partial charge in [0, 0.05) is 12.6 Å². The Hall–Kier alpha value is -1.20. The van der Waals surface area contributed by atoms with Crippen molar-refractivity contribution < 1.29 is 5.11 Å². The highest BCUT2D eigenvalue weighted by atomic mass is 35.5. The van der Waals surface area contributed by atoms with Gasteiger partial charge in [0.1, 0.15) is 11.8 Å². The molecule has 17 heavy (non-hydrogen) atoms. The molecule has 2 aromatic heterocycles. The smallest absolute Gasteiger partial charge is 0.165 e. The first-order chi connectivity index (χ1) is 8.26. The maximum atomic E-state index is 9.18. The quantitative estimate of drug-likeness (QED) is 0.819. The van der Waals surface area contributed by atoms with Gasteiger partial charge in [0.15, 0.2) is 10.8 Å². The third kappa shape index (κ3) is 1.16. The molecule has 0 unspecified atom stereocenters. The van der Waals surface area contributed by atoms with Crippen LogP contribution in [-0.4, -0.2) is 31.2 Å². The summed E-state index contributed by atoms with van der Waals surface area (Å²) in [6, 6.07) is 0.426. The SMILES string of the molecule is OC[C@@H]1C[C@@]12C[C@@H]2n1cnc2c(Cl)ncnc21. The zero-order valence-electron chi connectivity index (χ0n) is 9.04. The highest BCUT2D eigenvalue weighted by molar-refractivity contribution is 6.33. The second kappa shape index (κ2) is 2.97. The molecular formula is C11H11ClN4O. The number of halogens is 1. The van der Waals surface area contributed by atoms with Crippen molar-refractivity contribution in [3.05, 3.63) is 17.8 Å². The Morgan fingerprint density at radius 3 is 3.06 bits per heavy atom. The van der Waals surface area contributed by atoms with Gasteiger partial charge in [0.05, 0.1) is 6.33 Å². The van der Waals surface area contributed by atoms with Crippen molar-refractivity contribution in [2.45, 2.75) is 18.9 Å². The Bertz CT molecular complexity index is 613. The number of imidazole rings is 1. The Morgan fingerprint density at radius 2 is 2.29 bits per heavy atom. The van der Waals surface area contributed by atoms with Gasteiger partial charge in [0.25, 0.3) is 0 Å². The minimum Gasteiger partial charge on any atom is -0.396 e. The molecule has 2 aromatic rings. The van der Waals surface area contributed by atoms with Crippen molar-refractivity contribution in [3.63, 3.8) is 0 Å². The summed E-state index contributed by atoms with van der Waals surface area (Å²) in [4.78, 5) is 12.4. The number of fused-ring (bicyclic) bond motifs is 1. The number of hydrogen-bond donors (Lipinski definition) is 1.